The third kappa shape index (κ3) is 3.05. The van der Waals surface area contributed by atoms with E-state index in [1.807, 2.05) is 18.2 Å². The smallest absolute Gasteiger partial charge is 0.116 e. The SMILES string of the molecule is N#Cc1ccc2c(-c3cc4cc(CN5CCC(N)CC5)ccc4[nH]3)n[nH]c2c1. The molecule has 4 aromatic rings. The monoisotopic (exact) mass is 370 g/mol. The summed E-state index contributed by atoms with van der Waals surface area (Å²) in [7, 11) is 0. The number of hydrogen-bond acceptors (Lipinski definition) is 4. The molecule has 0 unspecified atom stereocenters. The van der Waals surface area contributed by atoms with Gasteiger partial charge >= 0.3 is 0 Å². The molecule has 0 saturated carbocycles. The molecular formula is C22H22N6. The van der Waals surface area contributed by atoms with Gasteiger partial charge < -0.3 is 10.7 Å². The summed E-state index contributed by atoms with van der Waals surface area (Å²) >= 11 is 0. The van der Waals surface area contributed by atoms with Crippen LogP contribution >= 0.6 is 0 Å². The minimum Gasteiger partial charge on any atom is -0.353 e. The predicted molar refractivity (Wildman–Crippen MR) is 111 cm³/mol. The molecule has 0 aliphatic carbocycles. The lowest BCUT2D eigenvalue weighted by Crippen LogP contribution is -2.39. The van der Waals surface area contributed by atoms with E-state index in [1.165, 1.54) is 10.9 Å². The Balaban J connectivity index is 1.45. The molecular weight excluding hydrogens is 348 g/mol. The van der Waals surface area contributed by atoms with Gasteiger partial charge in [0.2, 0.25) is 0 Å². The van der Waals surface area contributed by atoms with E-state index >= 15 is 0 Å². The number of piperidine rings is 1. The van der Waals surface area contributed by atoms with Crippen LogP contribution in [0.2, 0.25) is 0 Å². The van der Waals surface area contributed by atoms with Crippen LogP contribution in [-0.4, -0.2) is 39.2 Å². The Morgan fingerprint density at radius 2 is 1.96 bits per heavy atom. The van der Waals surface area contributed by atoms with Crippen LogP contribution in [0, 0.1) is 11.3 Å². The van der Waals surface area contributed by atoms with Gasteiger partial charge in [-0.15, -0.1) is 0 Å². The molecule has 140 valence electrons. The Hall–Kier alpha value is -3.14. The highest BCUT2D eigenvalue weighted by molar-refractivity contribution is 5.96. The minimum absolute atomic E-state index is 0.360. The third-order valence-electron chi connectivity index (χ3n) is 5.67. The number of hydrogen-bond donors (Lipinski definition) is 3. The number of rotatable bonds is 3. The zero-order chi connectivity index (χ0) is 19.1. The van der Waals surface area contributed by atoms with Gasteiger partial charge in [-0.1, -0.05) is 6.07 Å². The van der Waals surface area contributed by atoms with E-state index in [4.69, 9.17) is 11.0 Å². The first-order valence-corrected chi connectivity index (χ1v) is 9.68. The second-order valence-electron chi connectivity index (χ2n) is 7.66. The number of aromatic amines is 2. The van der Waals surface area contributed by atoms with Crippen molar-refractivity contribution in [2.45, 2.75) is 25.4 Å². The van der Waals surface area contributed by atoms with Crippen molar-refractivity contribution in [2.75, 3.05) is 13.1 Å². The van der Waals surface area contributed by atoms with Gasteiger partial charge in [0.15, 0.2) is 0 Å². The summed E-state index contributed by atoms with van der Waals surface area (Å²) in [5, 5.41) is 18.8. The van der Waals surface area contributed by atoms with Gasteiger partial charge in [-0.25, -0.2) is 0 Å². The molecule has 0 bridgehead atoms. The Morgan fingerprint density at radius 3 is 2.79 bits per heavy atom. The zero-order valence-electron chi connectivity index (χ0n) is 15.6. The third-order valence-corrected chi connectivity index (χ3v) is 5.67. The van der Waals surface area contributed by atoms with Gasteiger partial charge in [0.1, 0.15) is 5.69 Å². The standard InChI is InChI=1S/C22H22N6/c23-12-14-1-3-18-20(10-14)26-27-22(18)21-11-16-9-15(2-4-19(16)25-21)13-28-7-5-17(24)6-8-28/h1-4,9-11,17,25H,5-8,13,24H2,(H,26,27). The van der Waals surface area contributed by atoms with Crippen LogP contribution < -0.4 is 5.73 Å². The van der Waals surface area contributed by atoms with Crippen molar-refractivity contribution in [3.05, 3.63) is 53.6 Å². The summed E-state index contributed by atoms with van der Waals surface area (Å²) in [6, 6.07) is 16.9. The van der Waals surface area contributed by atoms with Gasteiger partial charge in [-0.2, -0.15) is 10.4 Å². The topological polar surface area (TPSA) is 97.5 Å². The first-order chi connectivity index (χ1) is 13.7. The molecule has 0 radical (unpaired) electrons. The lowest BCUT2D eigenvalue weighted by atomic mass is 10.0. The highest BCUT2D eigenvalue weighted by atomic mass is 15.1. The van der Waals surface area contributed by atoms with Gasteiger partial charge in [0.25, 0.3) is 0 Å². The van der Waals surface area contributed by atoms with E-state index in [1.54, 1.807) is 0 Å². The molecule has 3 heterocycles. The second kappa shape index (κ2) is 6.79. The van der Waals surface area contributed by atoms with Gasteiger partial charge in [-0.05, 0) is 67.9 Å². The van der Waals surface area contributed by atoms with Crippen molar-refractivity contribution in [1.82, 2.24) is 20.1 Å². The Kier molecular flexibility index (Phi) is 4.12. The van der Waals surface area contributed by atoms with Crippen LogP contribution in [0.3, 0.4) is 0 Å². The molecule has 0 spiro atoms. The summed E-state index contributed by atoms with van der Waals surface area (Å²) in [6.45, 7) is 3.11. The molecule has 1 aliphatic heterocycles. The molecule has 1 saturated heterocycles. The minimum atomic E-state index is 0.360. The van der Waals surface area contributed by atoms with Crippen LogP contribution in [0.15, 0.2) is 42.5 Å². The van der Waals surface area contributed by atoms with E-state index in [-0.39, 0.29) is 0 Å². The summed E-state index contributed by atoms with van der Waals surface area (Å²) in [5.41, 5.74) is 11.8. The van der Waals surface area contributed by atoms with Crippen LogP contribution in [-0.2, 0) is 6.54 Å². The van der Waals surface area contributed by atoms with Crippen LogP contribution in [0.25, 0.3) is 33.2 Å². The van der Waals surface area contributed by atoms with Crippen molar-refractivity contribution in [2.24, 2.45) is 5.73 Å². The van der Waals surface area contributed by atoms with Gasteiger partial charge in [0.05, 0.1) is 22.8 Å². The van der Waals surface area contributed by atoms with Crippen LogP contribution in [0.5, 0.6) is 0 Å². The fraction of sp³-hybridized carbons (Fsp3) is 0.273. The number of likely N-dealkylation sites (tertiary alicyclic amines) is 1. The number of H-pyrrole nitrogens is 2. The number of nitrogens with two attached hydrogens (primary N) is 1. The van der Waals surface area contributed by atoms with E-state index in [2.05, 4.69) is 50.4 Å². The average Bonchev–Trinajstić information content (AvgIpc) is 3.32. The van der Waals surface area contributed by atoms with Gasteiger partial charge in [0, 0.05) is 28.9 Å². The summed E-state index contributed by atoms with van der Waals surface area (Å²) in [5.74, 6) is 0. The van der Waals surface area contributed by atoms with Crippen molar-refractivity contribution in [1.29, 1.82) is 5.26 Å². The predicted octanol–water partition coefficient (Wildman–Crippen LogP) is 3.51. The number of nitrogens with one attached hydrogen (secondary N) is 2. The molecule has 0 atom stereocenters. The molecule has 28 heavy (non-hydrogen) atoms. The quantitative estimate of drug-likeness (QED) is 0.514. The number of benzene rings is 2. The highest BCUT2D eigenvalue weighted by Crippen LogP contribution is 2.29. The summed E-state index contributed by atoms with van der Waals surface area (Å²) < 4.78 is 0. The first kappa shape index (κ1) is 17.0. The number of nitrogens with zero attached hydrogens (tertiary/aromatic N) is 3. The molecule has 1 aliphatic rings. The van der Waals surface area contributed by atoms with E-state index in [0.717, 1.165) is 60.3 Å². The lowest BCUT2D eigenvalue weighted by molar-refractivity contribution is 0.206. The normalized spacial score (nSPS) is 16.0. The number of nitriles is 1. The molecule has 6 heteroatoms. The van der Waals surface area contributed by atoms with Crippen molar-refractivity contribution >= 4 is 21.8 Å². The second-order valence-corrected chi connectivity index (χ2v) is 7.66. The van der Waals surface area contributed by atoms with E-state index in [0.29, 0.717) is 11.6 Å². The fourth-order valence-corrected chi connectivity index (χ4v) is 4.07. The van der Waals surface area contributed by atoms with E-state index in [9.17, 15) is 0 Å². The lowest BCUT2D eigenvalue weighted by Gasteiger charge is -2.30. The highest BCUT2D eigenvalue weighted by Gasteiger charge is 2.16. The zero-order valence-corrected chi connectivity index (χ0v) is 15.6. The summed E-state index contributed by atoms with van der Waals surface area (Å²) in [6.07, 6.45) is 2.16. The van der Waals surface area contributed by atoms with Crippen LogP contribution in [0.4, 0.5) is 0 Å². The average molecular weight is 370 g/mol. The van der Waals surface area contributed by atoms with Crippen molar-refractivity contribution < 1.29 is 0 Å². The summed E-state index contributed by atoms with van der Waals surface area (Å²) in [4.78, 5) is 5.96. The molecule has 4 N–H and O–H groups in total. The Morgan fingerprint density at radius 1 is 1.11 bits per heavy atom. The molecule has 1 fully saturated rings. The molecule has 2 aromatic carbocycles. The largest absolute Gasteiger partial charge is 0.353 e. The fourth-order valence-electron chi connectivity index (χ4n) is 4.07. The maximum atomic E-state index is 9.07. The molecule has 6 nitrogen and oxygen atoms in total. The van der Waals surface area contributed by atoms with E-state index < -0.39 is 0 Å². The first-order valence-electron chi connectivity index (χ1n) is 9.68. The Bertz CT molecular complexity index is 1190. The molecule has 0 amide bonds. The number of fused-ring (bicyclic) bond motifs is 2. The van der Waals surface area contributed by atoms with Gasteiger partial charge in [-0.3, -0.25) is 10.00 Å². The van der Waals surface area contributed by atoms with Crippen molar-refractivity contribution in [3.63, 3.8) is 0 Å². The van der Waals surface area contributed by atoms with Crippen molar-refractivity contribution in [3.8, 4) is 17.5 Å². The Labute approximate surface area is 162 Å². The maximum absolute atomic E-state index is 9.07. The molecule has 5 rings (SSSR count). The number of aromatic nitrogens is 3. The van der Waals surface area contributed by atoms with Crippen LogP contribution in [0.1, 0.15) is 24.0 Å². The maximum Gasteiger partial charge on any atom is 0.116 e. The molecule has 2 aromatic heterocycles.